The van der Waals surface area contributed by atoms with Crippen LogP contribution in [0.3, 0.4) is 0 Å². The largest absolute Gasteiger partial charge is 0.289 e. The summed E-state index contributed by atoms with van der Waals surface area (Å²) in [6.07, 6.45) is 0. The second kappa shape index (κ2) is 13.7. The minimum absolute atomic E-state index is 0.148. The first kappa shape index (κ1) is 44.5. The number of carbonyl (C=O) groups is 6. The number of hydrogen-bond acceptors (Lipinski definition) is 6. The molecule has 0 amide bonds. The molecule has 6 aliphatic rings. The predicted octanol–water partition coefficient (Wildman–Crippen LogP) is 13.8. The van der Waals surface area contributed by atoms with Gasteiger partial charge in [0.1, 0.15) is 0 Å². The van der Waals surface area contributed by atoms with Crippen molar-refractivity contribution in [1.82, 2.24) is 0 Å². The van der Waals surface area contributed by atoms with Gasteiger partial charge in [-0.3, -0.25) is 28.8 Å². The molecule has 0 atom stereocenters. The third-order valence-electron chi connectivity index (χ3n) is 16.8. The van der Waals surface area contributed by atoms with Crippen molar-refractivity contribution in [1.29, 1.82) is 0 Å². The van der Waals surface area contributed by atoms with Crippen molar-refractivity contribution >= 4 is 34.7 Å². The highest BCUT2D eigenvalue weighted by molar-refractivity contribution is 6.28. The molecule has 0 aliphatic heterocycles. The van der Waals surface area contributed by atoms with Crippen molar-refractivity contribution in [3.8, 4) is 22.3 Å². The maximum Gasteiger partial charge on any atom is 0.193 e. The lowest BCUT2D eigenvalue weighted by Gasteiger charge is -2.41. The van der Waals surface area contributed by atoms with Crippen molar-refractivity contribution < 1.29 is 28.8 Å². The molecule has 0 aromatic heterocycles. The maximum absolute atomic E-state index is 15.0. The summed E-state index contributed by atoms with van der Waals surface area (Å²) >= 11 is 0. The first-order valence-electron chi connectivity index (χ1n) is 25.2. The Labute approximate surface area is 419 Å². The summed E-state index contributed by atoms with van der Waals surface area (Å²) in [5, 5.41) is 0. The van der Waals surface area contributed by atoms with E-state index in [2.05, 4.69) is 83.1 Å². The number of carbonyl (C=O) groups excluding carboxylic acids is 6. The molecule has 0 unspecified atom stereocenters. The second-order valence-electron chi connectivity index (χ2n) is 25.3. The van der Waals surface area contributed by atoms with E-state index in [1.165, 1.54) is 0 Å². The van der Waals surface area contributed by atoms with Crippen LogP contribution in [-0.2, 0) is 21.7 Å². The van der Waals surface area contributed by atoms with Crippen LogP contribution < -0.4 is 0 Å². The Morgan fingerprint density at radius 1 is 0.236 bits per heavy atom. The summed E-state index contributed by atoms with van der Waals surface area (Å²) in [7, 11) is 0. The van der Waals surface area contributed by atoms with Gasteiger partial charge in [-0.2, -0.15) is 0 Å². The van der Waals surface area contributed by atoms with Crippen molar-refractivity contribution in [2.45, 2.75) is 117 Å². The topological polar surface area (TPSA) is 102 Å². The average molecular weight is 943 g/mol. The molecule has 0 saturated carbocycles. The van der Waals surface area contributed by atoms with Gasteiger partial charge in [0.25, 0.3) is 0 Å². The van der Waals surface area contributed by atoms with E-state index in [1.54, 1.807) is 0 Å². The van der Waals surface area contributed by atoms with Gasteiger partial charge in [0.2, 0.25) is 0 Å². The molecule has 0 saturated heterocycles. The summed E-state index contributed by atoms with van der Waals surface area (Å²) in [5.41, 5.74) is 15.4. The van der Waals surface area contributed by atoms with Crippen molar-refractivity contribution in [3.63, 3.8) is 0 Å². The van der Waals surface area contributed by atoms with Crippen LogP contribution in [0.25, 0.3) is 22.3 Å². The fourth-order valence-corrected chi connectivity index (χ4v) is 12.7. The van der Waals surface area contributed by atoms with Gasteiger partial charge in [-0.1, -0.05) is 107 Å². The Balaban J connectivity index is 0.971. The summed E-state index contributed by atoms with van der Waals surface area (Å²) < 4.78 is 0. The number of hydrogen-bond donors (Lipinski definition) is 0. The van der Waals surface area contributed by atoms with Crippen LogP contribution in [0, 0.1) is 0 Å². The molecule has 0 N–H and O–H groups in total. The predicted molar refractivity (Wildman–Crippen MR) is 280 cm³/mol. The average Bonchev–Trinajstić information content (AvgIpc) is 3.32. The molecule has 13 rings (SSSR count). The van der Waals surface area contributed by atoms with E-state index in [4.69, 9.17) is 0 Å². The van der Waals surface area contributed by atoms with Gasteiger partial charge < -0.3 is 0 Å². The molecule has 0 radical (unpaired) electrons. The highest BCUT2D eigenvalue weighted by atomic mass is 16.1. The fraction of sp³-hybridized carbons (Fsp3) is 0.273. The lowest BCUT2D eigenvalue weighted by atomic mass is 9.60. The molecule has 0 spiro atoms. The Kier molecular flexibility index (Phi) is 8.49. The minimum atomic E-state index is -0.445. The standard InChI is InChI=1S/C66H54O6/c1-63(2,3)33-21-41-51-45(25-33)61(71)46-26-34(64(4,5)6)22-42-52(46)55(51)49-37(57(41)67)17-31(18-38(49)58(42)68)29-13-15-30(16-14-29)32-19-39-50-40(20-32)60(70)44-24-36(66(10,11)12)28-48-54(44)56(50)53-43(59(39)69)23-35(65(7,8)9)27-47(53)62(48)72/h13-28,55-56H,1-12H3. The third-order valence-corrected chi connectivity index (χ3v) is 16.8. The van der Waals surface area contributed by atoms with Crippen LogP contribution in [0.1, 0.15) is 246 Å². The van der Waals surface area contributed by atoms with E-state index in [0.717, 1.165) is 33.4 Å². The van der Waals surface area contributed by atoms with E-state index in [-0.39, 0.29) is 56.4 Å². The van der Waals surface area contributed by atoms with Gasteiger partial charge in [-0.05, 0) is 172 Å². The monoisotopic (exact) mass is 942 g/mol. The van der Waals surface area contributed by atoms with Gasteiger partial charge in [0.05, 0.1) is 0 Å². The minimum Gasteiger partial charge on any atom is -0.289 e. The van der Waals surface area contributed by atoms with Crippen molar-refractivity contribution in [2.75, 3.05) is 0 Å². The summed E-state index contributed by atoms with van der Waals surface area (Å²) in [4.78, 5) is 89.4. The highest BCUT2D eigenvalue weighted by Crippen LogP contribution is 2.57. The fourth-order valence-electron chi connectivity index (χ4n) is 12.7. The Bertz CT molecular complexity index is 3410. The SMILES string of the molecule is CC(C)(C)c1cc2c3c(c1)C(=O)c1cc(C(C)(C)C)cc4c1C3c1c(cc(-c3ccc(-c5cc6c7c(c5)C(=O)c5cc(C(C)(C)C)cc8c5C7c5c(cc(C(C)(C)C)cc5C8=O)C6=O)cc3)cc1C4=O)C2=O. The summed E-state index contributed by atoms with van der Waals surface area (Å²) in [6.45, 7) is 25.0. The van der Waals surface area contributed by atoms with E-state index in [0.29, 0.717) is 111 Å². The molecule has 0 fully saturated rings. The normalized spacial score (nSPS) is 16.1. The Morgan fingerprint density at radius 3 is 0.542 bits per heavy atom. The molecule has 72 heavy (non-hydrogen) atoms. The molecule has 7 aromatic rings. The summed E-state index contributed by atoms with van der Waals surface area (Å²) in [6, 6.07) is 31.2. The Morgan fingerprint density at radius 2 is 0.389 bits per heavy atom. The molecule has 6 nitrogen and oxygen atoms in total. The first-order valence-corrected chi connectivity index (χ1v) is 25.2. The maximum atomic E-state index is 15.0. The van der Waals surface area contributed by atoms with E-state index in [9.17, 15) is 9.59 Å². The molecule has 0 bridgehead atoms. The molecular weight excluding hydrogens is 889 g/mol. The van der Waals surface area contributed by atoms with Crippen LogP contribution in [-0.4, -0.2) is 34.7 Å². The molecule has 6 heteroatoms. The lowest BCUT2D eigenvalue weighted by molar-refractivity contribution is 0.0997. The zero-order chi connectivity index (χ0) is 50.9. The molecular formula is C66H54O6. The van der Waals surface area contributed by atoms with Crippen molar-refractivity contribution in [2.24, 2.45) is 0 Å². The number of ketones is 6. The van der Waals surface area contributed by atoms with Crippen LogP contribution in [0.2, 0.25) is 0 Å². The van der Waals surface area contributed by atoms with E-state index < -0.39 is 11.8 Å². The second-order valence-corrected chi connectivity index (χ2v) is 25.3. The van der Waals surface area contributed by atoms with Crippen LogP contribution in [0.5, 0.6) is 0 Å². The quantitative estimate of drug-likeness (QED) is 0.171. The van der Waals surface area contributed by atoms with Gasteiger partial charge in [0, 0.05) is 78.6 Å². The molecule has 0 heterocycles. The lowest BCUT2D eigenvalue weighted by Crippen LogP contribution is -2.36. The van der Waals surface area contributed by atoms with Crippen molar-refractivity contribution in [3.05, 3.63) is 219 Å². The van der Waals surface area contributed by atoms with E-state index in [1.807, 2.05) is 97.1 Å². The highest BCUT2D eigenvalue weighted by Gasteiger charge is 2.50. The van der Waals surface area contributed by atoms with Gasteiger partial charge in [0.15, 0.2) is 34.7 Å². The number of rotatable bonds is 2. The third kappa shape index (κ3) is 5.78. The first-order chi connectivity index (χ1) is 33.7. The van der Waals surface area contributed by atoms with Gasteiger partial charge in [-0.25, -0.2) is 0 Å². The van der Waals surface area contributed by atoms with Gasteiger partial charge in [-0.15, -0.1) is 0 Å². The molecule has 354 valence electrons. The zero-order valence-corrected chi connectivity index (χ0v) is 42.8. The molecule has 7 aromatic carbocycles. The summed E-state index contributed by atoms with van der Waals surface area (Å²) in [5.74, 6) is -1.99. The number of benzene rings is 7. The van der Waals surface area contributed by atoms with Gasteiger partial charge >= 0.3 is 0 Å². The van der Waals surface area contributed by atoms with Crippen LogP contribution >= 0.6 is 0 Å². The van der Waals surface area contributed by atoms with E-state index >= 15 is 19.2 Å². The zero-order valence-electron chi connectivity index (χ0n) is 42.8. The Hall–Kier alpha value is -7.44. The van der Waals surface area contributed by atoms with Crippen LogP contribution in [0.4, 0.5) is 0 Å². The molecule has 6 aliphatic carbocycles. The van der Waals surface area contributed by atoms with Crippen LogP contribution in [0.15, 0.2) is 97.1 Å². The smallest absolute Gasteiger partial charge is 0.193 e.